The molecule has 2 aliphatic rings. The topological polar surface area (TPSA) is 66.5 Å². The van der Waals surface area contributed by atoms with Gasteiger partial charge in [0.1, 0.15) is 0 Å². The Hall–Kier alpha value is -2.95. The highest BCUT2D eigenvalue weighted by molar-refractivity contribution is 6.05. The molecule has 0 aromatic heterocycles. The van der Waals surface area contributed by atoms with Gasteiger partial charge in [0.25, 0.3) is 0 Å². The van der Waals surface area contributed by atoms with E-state index < -0.39 is 0 Å². The molecule has 5 nitrogen and oxygen atoms in total. The molecule has 5 heteroatoms. The lowest BCUT2D eigenvalue weighted by Gasteiger charge is -2.17. The van der Waals surface area contributed by atoms with E-state index in [9.17, 15) is 14.4 Å². The number of para-hydroxylation sites is 1. The minimum atomic E-state index is -0.275. The summed E-state index contributed by atoms with van der Waals surface area (Å²) in [5, 5.41) is 2.84. The van der Waals surface area contributed by atoms with E-state index in [-0.39, 0.29) is 29.4 Å². The summed E-state index contributed by atoms with van der Waals surface area (Å²) in [6.07, 6.45) is 1.46. The molecule has 1 aliphatic heterocycles. The van der Waals surface area contributed by atoms with Crippen molar-refractivity contribution in [1.82, 2.24) is 0 Å². The van der Waals surface area contributed by atoms with Crippen LogP contribution in [0.3, 0.4) is 0 Å². The Morgan fingerprint density at radius 1 is 1.00 bits per heavy atom. The Balaban J connectivity index is 1.38. The highest BCUT2D eigenvalue weighted by Gasteiger charge is 2.50. The largest absolute Gasteiger partial charge is 0.326 e. The van der Waals surface area contributed by atoms with Crippen LogP contribution in [-0.2, 0) is 16.0 Å². The van der Waals surface area contributed by atoms with Gasteiger partial charge < -0.3 is 10.2 Å². The molecule has 1 aliphatic carbocycles. The molecule has 2 unspecified atom stereocenters. The molecule has 0 spiro atoms. The quantitative estimate of drug-likeness (QED) is 0.864. The van der Waals surface area contributed by atoms with Crippen LogP contribution in [0.15, 0.2) is 48.5 Å². The van der Waals surface area contributed by atoms with Crippen LogP contribution in [0, 0.1) is 11.8 Å². The Labute approximate surface area is 152 Å². The molecule has 4 rings (SSSR count). The average Bonchev–Trinajstić information content (AvgIpc) is 3.34. The van der Waals surface area contributed by atoms with Gasteiger partial charge in [-0.25, -0.2) is 0 Å². The Bertz CT molecular complexity index is 888. The van der Waals surface area contributed by atoms with Crippen molar-refractivity contribution in [2.75, 3.05) is 16.8 Å². The smallest absolute Gasteiger partial charge is 0.230 e. The fourth-order valence-electron chi connectivity index (χ4n) is 3.55. The number of rotatable bonds is 4. The van der Waals surface area contributed by atoms with Crippen LogP contribution >= 0.6 is 0 Å². The predicted molar refractivity (Wildman–Crippen MR) is 99.2 cm³/mol. The van der Waals surface area contributed by atoms with Crippen molar-refractivity contribution in [3.05, 3.63) is 59.7 Å². The maximum atomic E-state index is 12.8. The number of ketones is 1. The van der Waals surface area contributed by atoms with E-state index in [1.54, 1.807) is 24.3 Å². The number of hydrogen-bond donors (Lipinski definition) is 1. The Kier molecular flexibility index (Phi) is 4.07. The van der Waals surface area contributed by atoms with Crippen LogP contribution < -0.4 is 10.2 Å². The zero-order valence-electron chi connectivity index (χ0n) is 14.6. The van der Waals surface area contributed by atoms with Gasteiger partial charge >= 0.3 is 0 Å². The van der Waals surface area contributed by atoms with Crippen molar-refractivity contribution < 1.29 is 14.4 Å². The van der Waals surface area contributed by atoms with Crippen molar-refractivity contribution in [2.45, 2.75) is 19.8 Å². The molecule has 0 radical (unpaired) electrons. The number of anilines is 2. The average molecular weight is 348 g/mol. The monoisotopic (exact) mass is 348 g/mol. The number of carbonyl (C=O) groups excluding carboxylic acids is 3. The van der Waals surface area contributed by atoms with E-state index in [2.05, 4.69) is 5.32 Å². The Morgan fingerprint density at radius 2 is 1.73 bits per heavy atom. The minimum absolute atomic E-state index is 0.0124. The molecule has 2 atom stereocenters. The van der Waals surface area contributed by atoms with E-state index in [1.807, 2.05) is 29.2 Å². The van der Waals surface area contributed by atoms with Crippen LogP contribution in [0.4, 0.5) is 11.4 Å². The lowest BCUT2D eigenvalue weighted by Crippen LogP contribution is -2.31. The zero-order valence-corrected chi connectivity index (χ0v) is 14.6. The maximum Gasteiger partial charge on any atom is 0.230 e. The molecule has 2 amide bonds. The molecule has 1 fully saturated rings. The molecule has 26 heavy (non-hydrogen) atoms. The molecule has 1 saturated carbocycles. The van der Waals surface area contributed by atoms with Crippen LogP contribution in [0.1, 0.15) is 29.3 Å². The Morgan fingerprint density at radius 3 is 2.46 bits per heavy atom. The molecule has 1 N–H and O–H groups in total. The molecular weight excluding hydrogens is 328 g/mol. The first-order valence-corrected chi connectivity index (χ1v) is 8.86. The summed E-state index contributed by atoms with van der Waals surface area (Å²) in [5.74, 6) is -0.615. The second-order valence-electron chi connectivity index (χ2n) is 6.94. The first-order chi connectivity index (χ1) is 12.5. The summed E-state index contributed by atoms with van der Waals surface area (Å²) in [4.78, 5) is 38.3. The van der Waals surface area contributed by atoms with E-state index >= 15 is 0 Å². The predicted octanol–water partition coefficient (Wildman–Crippen LogP) is 3.05. The van der Waals surface area contributed by atoms with Crippen molar-refractivity contribution in [3.63, 3.8) is 0 Å². The highest BCUT2D eigenvalue weighted by atomic mass is 16.2. The molecule has 0 bridgehead atoms. The molecule has 0 saturated heterocycles. The zero-order chi connectivity index (χ0) is 18.3. The fraction of sp³-hybridized carbons (Fsp3) is 0.286. The van der Waals surface area contributed by atoms with E-state index in [0.717, 1.165) is 12.1 Å². The second-order valence-corrected chi connectivity index (χ2v) is 6.94. The summed E-state index contributed by atoms with van der Waals surface area (Å²) in [6.45, 7) is 2.19. The van der Waals surface area contributed by atoms with Crippen LogP contribution in [0.25, 0.3) is 0 Å². The molecular formula is C21H20N2O3. The third-order valence-corrected chi connectivity index (χ3v) is 5.16. The summed E-state index contributed by atoms with van der Waals surface area (Å²) in [5.41, 5.74) is 3.41. The number of nitrogens with zero attached hydrogens (tertiary/aromatic N) is 1. The van der Waals surface area contributed by atoms with Gasteiger partial charge in [0.2, 0.25) is 11.8 Å². The lowest BCUT2D eigenvalue weighted by atomic mass is 10.1. The van der Waals surface area contributed by atoms with Crippen molar-refractivity contribution in [1.29, 1.82) is 0 Å². The van der Waals surface area contributed by atoms with Gasteiger partial charge in [0.05, 0.1) is 11.8 Å². The van der Waals surface area contributed by atoms with Crippen LogP contribution in [0.5, 0.6) is 0 Å². The van der Waals surface area contributed by atoms with E-state index in [0.29, 0.717) is 24.2 Å². The highest BCUT2D eigenvalue weighted by Crippen LogP contribution is 2.43. The second kappa shape index (κ2) is 6.41. The van der Waals surface area contributed by atoms with Crippen molar-refractivity contribution >= 4 is 29.0 Å². The lowest BCUT2D eigenvalue weighted by molar-refractivity contribution is -0.123. The summed E-state index contributed by atoms with van der Waals surface area (Å²) in [7, 11) is 0. The molecule has 2 aromatic rings. The number of carbonyl (C=O) groups is 3. The van der Waals surface area contributed by atoms with Crippen LogP contribution in [-0.4, -0.2) is 24.1 Å². The van der Waals surface area contributed by atoms with Gasteiger partial charge in [0, 0.05) is 23.5 Å². The normalized spacial score (nSPS) is 20.4. The summed E-state index contributed by atoms with van der Waals surface area (Å²) >= 11 is 0. The van der Waals surface area contributed by atoms with Gasteiger partial charge in [-0.1, -0.05) is 18.2 Å². The van der Waals surface area contributed by atoms with Gasteiger partial charge in [-0.3, -0.25) is 14.4 Å². The van der Waals surface area contributed by atoms with Gasteiger partial charge in [-0.2, -0.15) is 0 Å². The number of fused-ring (bicyclic) bond motifs is 1. The number of benzene rings is 2. The summed E-state index contributed by atoms with van der Waals surface area (Å²) in [6, 6.07) is 14.7. The van der Waals surface area contributed by atoms with Gasteiger partial charge in [0.15, 0.2) is 5.78 Å². The van der Waals surface area contributed by atoms with Gasteiger partial charge in [-0.05, 0) is 55.7 Å². The SMILES string of the molecule is CC(=O)c1ccc(NC(=O)C2CC2C(=O)N2CCc3ccccc32)cc1. The number of Topliss-reactive ketones (excluding diaryl/α,β-unsaturated/α-hetero) is 1. The van der Waals surface area contributed by atoms with Gasteiger partial charge in [-0.15, -0.1) is 0 Å². The van der Waals surface area contributed by atoms with E-state index in [1.165, 1.54) is 12.5 Å². The number of nitrogens with one attached hydrogen (secondary N) is 1. The fourth-order valence-corrected chi connectivity index (χ4v) is 3.55. The maximum absolute atomic E-state index is 12.8. The number of amides is 2. The standard InChI is InChI=1S/C21H20N2O3/c1-13(24)14-6-8-16(9-7-14)22-20(25)17-12-18(17)21(26)23-11-10-15-4-2-3-5-19(15)23/h2-9,17-18H,10-12H2,1H3,(H,22,25). The third-order valence-electron chi connectivity index (χ3n) is 5.16. The van der Waals surface area contributed by atoms with E-state index in [4.69, 9.17) is 0 Å². The third kappa shape index (κ3) is 3.01. The first-order valence-electron chi connectivity index (χ1n) is 8.86. The molecule has 2 aromatic carbocycles. The minimum Gasteiger partial charge on any atom is -0.326 e. The van der Waals surface area contributed by atoms with Crippen LogP contribution in [0.2, 0.25) is 0 Å². The first kappa shape index (κ1) is 16.5. The molecule has 132 valence electrons. The van der Waals surface area contributed by atoms with Crippen molar-refractivity contribution in [3.8, 4) is 0 Å². The molecule has 1 heterocycles. The van der Waals surface area contributed by atoms with Crippen molar-refractivity contribution in [2.24, 2.45) is 11.8 Å². The number of hydrogen-bond acceptors (Lipinski definition) is 3. The summed E-state index contributed by atoms with van der Waals surface area (Å²) < 4.78 is 0.